The van der Waals surface area contributed by atoms with E-state index in [0.29, 0.717) is 5.56 Å². The molecular weight excluding hydrogens is 371 g/mol. The molecule has 2 aromatic carbocycles. The van der Waals surface area contributed by atoms with Gasteiger partial charge in [-0.1, -0.05) is 12.1 Å². The van der Waals surface area contributed by atoms with Gasteiger partial charge in [0.25, 0.3) is 0 Å². The van der Waals surface area contributed by atoms with Crippen LogP contribution in [0.4, 0.5) is 4.39 Å². The van der Waals surface area contributed by atoms with E-state index in [1.807, 2.05) is 0 Å². The maximum Gasteiger partial charge on any atom is 0.241 e. The summed E-state index contributed by atoms with van der Waals surface area (Å²) in [5.74, 6) is -0.582. The highest BCUT2D eigenvalue weighted by atomic mass is 32.2. The first-order valence-corrected chi connectivity index (χ1v) is 10.1. The Hall–Kier alpha value is -2.01. The maximum atomic E-state index is 13.8. The molecule has 2 rings (SSSR count). The molecule has 0 aliphatic carbocycles. The van der Waals surface area contributed by atoms with Gasteiger partial charge in [-0.2, -0.15) is 0 Å². The van der Waals surface area contributed by atoms with E-state index in [-0.39, 0.29) is 15.5 Å². The Bertz CT molecular complexity index is 991. The largest absolute Gasteiger partial charge is 0.494 e. The van der Waals surface area contributed by atoms with Gasteiger partial charge in [0.1, 0.15) is 0 Å². The van der Waals surface area contributed by atoms with Crippen LogP contribution in [0.25, 0.3) is 0 Å². The highest BCUT2D eigenvalue weighted by Gasteiger charge is 2.21. The van der Waals surface area contributed by atoms with E-state index in [1.54, 1.807) is 0 Å². The summed E-state index contributed by atoms with van der Waals surface area (Å²) in [6.07, 6.45) is 0. The minimum atomic E-state index is -4.04. The zero-order valence-electron chi connectivity index (χ0n) is 13.4. The first-order chi connectivity index (χ1) is 11.5. The molecule has 0 unspecified atom stereocenters. The van der Waals surface area contributed by atoms with E-state index in [9.17, 15) is 21.2 Å². The number of methoxy groups -OCH3 is 1. The zero-order valence-corrected chi connectivity index (χ0v) is 15.1. The molecule has 0 aromatic heterocycles. The van der Waals surface area contributed by atoms with Gasteiger partial charge in [-0.15, -0.1) is 0 Å². The van der Waals surface area contributed by atoms with Gasteiger partial charge in [0, 0.05) is 6.04 Å². The molecule has 0 heterocycles. The van der Waals surface area contributed by atoms with Gasteiger partial charge in [-0.05, 0) is 42.8 Å². The van der Waals surface area contributed by atoms with Crippen LogP contribution >= 0.6 is 0 Å². The third-order valence-corrected chi connectivity index (χ3v) is 5.90. The van der Waals surface area contributed by atoms with Crippen LogP contribution in [-0.2, 0) is 20.0 Å². The smallest absolute Gasteiger partial charge is 0.241 e. The Labute approximate surface area is 145 Å². The molecule has 1 atom stereocenters. The van der Waals surface area contributed by atoms with Gasteiger partial charge >= 0.3 is 0 Å². The van der Waals surface area contributed by atoms with E-state index in [0.717, 1.165) is 12.1 Å². The Morgan fingerprint density at radius 3 is 2.28 bits per heavy atom. The lowest BCUT2D eigenvalue weighted by Gasteiger charge is -2.16. The van der Waals surface area contributed by atoms with Crippen LogP contribution in [0.2, 0.25) is 0 Å². The number of benzene rings is 2. The van der Waals surface area contributed by atoms with Crippen LogP contribution in [0.1, 0.15) is 18.5 Å². The fraction of sp³-hybridized carbons (Fsp3) is 0.200. The van der Waals surface area contributed by atoms with Crippen LogP contribution < -0.4 is 14.6 Å². The number of ether oxygens (including phenoxy) is 1. The normalized spacial score (nSPS) is 13.4. The molecule has 0 amide bonds. The molecule has 0 radical (unpaired) electrons. The maximum absolute atomic E-state index is 13.8. The lowest BCUT2D eigenvalue weighted by molar-refractivity contribution is 0.386. The molecule has 0 spiro atoms. The highest BCUT2D eigenvalue weighted by molar-refractivity contribution is 7.90. The van der Waals surface area contributed by atoms with Crippen molar-refractivity contribution in [3.05, 3.63) is 53.8 Å². The Morgan fingerprint density at radius 2 is 1.72 bits per heavy atom. The molecule has 0 aliphatic rings. The minimum absolute atomic E-state index is 0.0414. The monoisotopic (exact) mass is 388 g/mol. The summed E-state index contributed by atoms with van der Waals surface area (Å²) in [5.41, 5.74) is 0.379. The predicted molar refractivity (Wildman–Crippen MR) is 89.5 cm³/mol. The van der Waals surface area contributed by atoms with E-state index in [2.05, 4.69) is 4.72 Å². The molecule has 136 valence electrons. The fourth-order valence-electron chi connectivity index (χ4n) is 2.14. The number of nitrogens with two attached hydrogens (primary N) is 1. The lowest BCUT2D eigenvalue weighted by Crippen LogP contribution is -2.27. The molecule has 2 aromatic rings. The predicted octanol–water partition coefficient (Wildman–Crippen LogP) is 1.52. The topological polar surface area (TPSA) is 116 Å². The van der Waals surface area contributed by atoms with Crippen LogP contribution in [0.5, 0.6) is 5.75 Å². The van der Waals surface area contributed by atoms with Crippen molar-refractivity contribution in [1.29, 1.82) is 0 Å². The Morgan fingerprint density at radius 1 is 1.08 bits per heavy atom. The summed E-state index contributed by atoms with van der Waals surface area (Å²) >= 11 is 0. The summed E-state index contributed by atoms with van der Waals surface area (Å²) in [7, 11) is -6.76. The molecule has 3 N–H and O–H groups in total. The average molecular weight is 388 g/mol. The van der Waals surface area contributed by atoms with Gasteiger partial charge < -0.3 is 4.74 Å². The fourth-order valence-corrected chi connectivity index (χ4v) is 4.05. The van der Waals surface area contributed by atoms with Crippen molar-refractivity contribution in [3.63, 3.8) is 0 Å². The van der Waals surface area contributed by atoms with Gasteiger partial charge in [0.05, 0.1) is 16.9 Å². The summed E-state index contributed by atoms with van der Waals surface area (Å²) < 4.78 is 68.5. The van der Waals surface area contributed by atoms with Gasteiger partial charge in [-0.25, -0.2) is 31.1 Å². The zero-order chi connectivity index (χ0) is 18.8. The van der Waals surface area contributed by atoms with Crippen molar-refractivity contribution in [2.75, 3.05) is 7.11 Å². The molecule has 0 fully saturated rings. The van der Waals surface area contributed by atoms with E-state index in [4.69, 9.17) is 9.88 Å². The molecule has 0 bridgehead atoms. The average Bonchev–Trinajstić information content (AvgIpc) is 2.53. The van der Waals surface area contributed by atoms with Gasteiger partial charge in [0.15, 0.2) is 11.6 Å². The Balaban J connectivity index is 2.31. The highest BCUT2D eigenvalue weighted by Crippen LogP contribution is 2.23. The number of halogens is 1. The summed E-state index contributed by atoms with van der Waals surface area (Å²) in [6.45, 7) is 1.53. The molecule has 7 nitrogen and oxygen atoms in total. The van der Waals surface area contributed by atoms with Gasteiger partial charge in [0.2, 0.25) is 20.0 Å². The second-order valence-electron chi connectivity index (χ2n) is 5.26. The number of nitrogens with one attached hydrogen (secondary N) is 1. The summed E-state index contributed by atoms with van der Waals surface area (Å²) in [6, 6.07) is 7.96. The lowest BCUT2D eigenvalue weighted by atomic mass is 10.1. The number of hydrogen-bond acceptors (Lipinski definition) is 5. The molecule has 0 saturated carbocycles. The van der Waals surface area contributed by atoms with Crippen molar-refractivity contribution in [2.24, 2.45) is 5.14 Å². The standard InChI is InChI=1S/C15H17FN2O5S2/c1-10(11-6-7-15(23-2)14(16)8-11)18-25(21,22)13-5-3-4-12(9-13)24(17,19)20/h3-10,18H,1-2H3,(H2,17,19,20)/t10-/m0/s1. The first-order valence-electron chi connectivity index (χ1n) is 7.03. The second kappa shape index (κ2) is 7.08. The molecule has 0 aliphatic heterocycles. The first kappa shape index (κ1) is 19.3. The molecule has 25 heavy (non-hydrogen) atoms. The SMILES string of the molecule is COc1ccc([C@H](C)NS(=O)(=O)c2cccc(S(N)(=O)=O)c2)cc1F. The quantitative estimate of drug-likeness (QED) is 0.778. The van der Waals surface area contributed by atoms with Crippen molar-refractivity contribution in [1.82, 2.24) is 4.72 Å². The number of rotatable bonds is 6. The third-order valence-electron chi connectivity index (χ3n) is 3.45. The van der Waals surface area contributed by atoms with E-state index in [1.165, 1.54) is 44.4 Å². The Kier molecular flexibility index (Phi) is 5.47. The second-order valence-corrected chi connectivity index (χ2v) is 8.53. The van der Waals surface area contributed by atoms with Crippen molar-refractivity contribution in [3.8, 4) is 5.75 Å². The number of primary sulfonamides is 1. The summed E-state index contributed by atoms with van der Waals surface area (Å²) in [5, 5.41) is 5.01. The third kappa shape index (κ3) is 4.54. The van der Waals surface area contributed by atoms with Crippen LogP contribution in [-0.4, -0.2) is 23.9 Å². The molecular formula is C15H17FN2O5S2. The van der Waals surface area contributed by atoms with E-state index >= 15 is 0 Å². The van der Waals surface area contributed by atoms with Crippen LogP contribution in [0.15, 0.2) is 52.3 Å². The number of sulfonamides is 2. The van der Waals surface area contributed by atoms with E-state index < -0.39 is 31.9 Å². The van der Waals surface area contributed by atoms with Crippen molar-refractivity contribution >= 4 is 20.0 Å². The molecule has 0 saturated heterocycles. The molecule has 10 heteroatoms. The minimum Gasteiger partial charge on any atom is -0.494 e. The van der Waals surface area contributed by atoms with Crippen molar-refractivity contribution < 1.29 is 26.0 Å². The van der Waals surface area contributed by atoms with Crippen molar-refractivity contribution in [2.45, 2.75) is 22.8 Å². The number of hydrogen-bond donors (Lipinski definition) is 2. The summed E-state index contributed by atoms with van der Waals surface area (Å²) in [4.78, 5) is -0.585. The van der Waals surface area contributed by atoms with Crippen LogP contribution in [0, 0.1) is 5.82 Å². The van der Waals surface area contributed by atoms with Gasteiger partial charge in [-0.3, -0.25) is 0 Å². The van der Waals surface area contributed by atoms with Crippen LogP contribution in [0.3, 0.4) is 0 Å².